The highest BCUT2D eigenvalue weighted by molar-refractivity contribution is 7.89. The molecular weight excluding hydrogens is 250 g/mol. The molecule has 0 amide bonds. The molecule has 0 aliphatic carbocycles. The molecule has 0 fully saturated rings. The molecule has 0 aromatic heterocycles. The molecule has 0 spiro atoms. The van der Waals surface area contributed by atoms with E-state index in [2.05, 4.69) is 4.74 Å². The maximum Gasteiger partial charge on any atom is 0.318 e. The first-order valence-corrected chi connectivity index (χ1v) is 6.38. The van der Waals surface area contributed by atoms with Crippen LogP contribution < -0.4 is 0 Å². The Labute approximate surface area is 100 Å². The Hall–Kier alpha value is -1.15. The van der Waals surface area contributed by atoms with E-state index in [9.17, 15) is 18.0 Å². The van der Waals surface area contributed by atoms with Gasteiger partial charge in [-0.1, -0.05) is 0 Å². The number of rotatable bonds is 6. The molecule has 100 valence electrons. The van der Waals surface area contributed by atoms with Gasteiger partial charge in [0, 0.05) is 7.05 Å². The molecule has 0 aliphatic heterocycles. The molecule has 8 heteroatoms. The number of sulfonamides is 1. The lowest BCUT2D eigenvalue weighted by Crippen LogP contribution is -2.41. The quantitative estimate of drug-likeness (QED) is 0.653. The summed E-state index contributed by atoms with van der Waals surface area (Å²) in [6.07, 6.45) is 0. The summed E-state index contributed by atoms with van der Waals surface area (Å²) in [5.41, 5.74) is -1.22. The fourth-order valence-corrected chi connectivity index (χ4v) is 2.75. The fraction of sp³-hybridized carbons (Fsp3) is 0.778. The average molecular weight is 267 g/mol. The predicted octanol–water partition coefficient (Wildman–Crippen LogP) is -0.468. The van der Waals surface area contributed by atoms with Gasteiger partial charge in [0.2, 0.25) is 10.0 Å². The zero-order chi connectivity index (χ0) is 13.9. The highest BCUT2D eigenvalue weighted by Crippen LogP contribution is 2.21. The summed E-state index contributed by atoms with van der Waals surface area (Å²) in [7, 11) is -1.50. The predicted molar refractivity (Wildman–Crippen MR) is 59.8 cm³/mol. The van der Waals surface area contributed by atoms with E-state index >= 15 is 0 Å². The summed E-state index contributed by atoms with van der Waals surface area (Å²) in [5, 5.41) is 8.50. The summed E-state index contributed by atoms with van der Waals surface area (Å²) >= 11 is 0. The molecule has 0 atom stereocenters. The van der Waals surface area contributed by atoms with Gasteiger partial charge in [-0.3, -0.25) is 9.59 Å². The number of nitrogens with zero attached hydrogens (tertiary/aromatic N) is 1. The Morgan fingerprint density at radius 3 is 2.18 bits per heavy atom. The van der Waals surface area contributed by atoms with Crippen molar-refractivity contribution < 1.29 is 27.9 Å². The third kappa shape index (κ3) is 4.70. The molecule has 17 heavy (non-hydrogen) atoms. The SMILES string of the molecule is COC(=O)C(C)(C)CS(=O)(=O)N(C)CC(=O)O. The number of carbonyl (C=O) groups excluding carboxylic acids is 1. The van der Waals surface area contributed by atoms with Gasteiger partial charge in [0.05, 0.1) is 18.3 Å². The van der Waals surface area contributed by atoms with E-state index in [-0.39, 0.29) is 0 Å². The number of methoxy groups -OCH3 is 1. The first-order chi connectivity index (χ1) is 7.53. The van der Waals surface area contributed by atoms with Crippen LogP contribution in [0, 0.1) is 5.41 Å². The Morgan fingerprint density at radius 1 is 1.35 bits per heavy atom. The molecule has 0 heterocycles. The first-order valence-electron chi connectivity index (χ1n) is 4.77. The summed E-state index contributed by atoms with van der Waals surface area (Å²) in [6, 6.07) is 0. The van der Waals surface area contributed by atoms with E-state index in [0.29, 0.717) is 4.31 Å². The van der Waals surface area contributed by atoms with Crippen LogP contribution in [0.15, 0.2) is 0 Å². The van der Waals surface area contributed by atoms with Gasteiger partial charge in [-0.2, -0.15) is 4.31 Å². The lowest BCUT2D eigenvalue weighted by Gasteiger charge is -2.24. The van der Waals surface area contributed by atoms with E-state index < -0.39 is 39.7 Å². The van der Waals surface area contributed by atoms with Crippen LogP contribution >= 0.6 is 0 Å². The average Bonchev–Trinajstić information content (AvgIpc) is 2.13. The van der Waals surface area contributed by atoms with Crippen molar-refractivity contribution in [2.75, 3.05) is 26.5 Å². The lowest BCUT2D eigenvalue weighted by molar-refractivity contribution is -0.149. The number of hydrogen-bond donors (Lipinski definition) is 1. The summed E-state index contributed by atoms with van der Waals surface area (Å²) in [5.74, 6) is -2.42. The second-order valence-electron chi connectivity index (χ2n) is 4.28. The molecule has 7 nitrogen and oxygen atoms in total. The van der Waals surface area contributed by atoms with E-state index in [1.165, 1.54) is 13.8 Å². The van der Waals surface area contributed by atoms with Crippen molar-refractivity contribution in [2.24, 2.45) is 5.41 Å². The van der Waals surface area contributed by atoms with E-state index in [1.807, 2.05) is 0 Å². The largest absolute Gasteiger partial charge is 0.480 e. The standard InChI is InChI=1S/C9H17NO6S/c1-9(2,8(13)16-4)6-17(14,15)10(3)5-7(11)12/h5-6H2,1-4H3,(H,11,12). The third-order valence-electron chi connectivity index (χ3n) is 2.11. The van der Waals surface area contributed by atoms with E-state index in [4.69, 9.17) is 5.11 Å². The number of likely N-dealkylation sites (N-methyl/N-ethyl adjacent to an activating group) is 1. The zero-order valence-electron chi connectivity index (χ0n) is 10.3. The number of aliphatic carboxylic acids is 1. The number of ether oxygens (including phenoxy) is 1. The zero-order valence-corrected chi connectivity index (χ0v) is 11.1. The molecule has 0 aliphatic rings. The Kier molecular flexibility index (Phi) is 5.09. The van der Waals surface area contributed by atoms with Crippen LogP contribution in [0.4, 0.5) is 0 Å². The van der Waals surface area contributed by atoms with Crippen molar-refractivity contribution in [3.05, 3.63) is 0 Å². The second-order valence-corrected chi connectivity index (χ2v) is 6.36. The molecule has 0 unspecified atom stereocenters. The number of esters is 1. The normalized spacial score (nSPS) is 12.5. The van der Waals surface area contributed by atoms with Crippen LogP contribution in [0.1, 0.15) is 13.8 Å². The van der Waals surface area contributed by atoms with Gasteiger partial charge in [0.25, 0.3) is 0 Å². The van der Waals surface area contributed by atoms with Crippen molar-refractivity contribution in [2.45, 2.75) is 13.8 Å². The molecule has 0 aromatic carbocycles. The first kappa shape index (κ1) is 15.9. The van der Waals surface area contributed by atoms with Crippen molar-refractivity contribution in [3.63, 3.8) is 0 Å². The second kappa shape index (κ2) is 5.46. The molecule has 0 saturated heterocycles. The Balaban J connectivity index is 4.87. The van der Waals surface area contributed by atoms with Gasteiger partial charge in [-0.15, -0.1) is 0 Å². The topological polar surface area (TPSA) is 101 Å². The summed E-state index contributed by atoms with van der Waals surface area (Å²) in [6.45, 7) is 2.20. The lowest BCUT2D eigenvalue weighted by atomic mass is 9.97. The Morgan fingerprint density at radius 2 is 1.82 bits per heavy atom. The smallest absolute Gasteiger partial charge is 0.318 e. The summed E-state index contributed by atoms with van der Waals surface area (Å²) in [4.78, 5) is 21.7. The number of carbonyl (C=O) groups is 2. The maximum atomic E-state index is 11.8. The third-order valence-corrected chi connectivity index (χ3v) is 4.28. The van der Waals surface area contributed by atoms with Gasteiger partial charge in [0.1, 0.15) is 6.54 Å². The van der Waals surface area contributed by atoms with Crippen molar-refractivity contribution in [1.29, 1.82) is 0 Å². The highest BCUT2D eigenvalue weighted by Gasteiger charge is 2.36. The van der Waals surface area contributed by atoms with Crippen LogP contribution in [0.25, 0.3) is 0 Å². The van der Waals surface area contributed by atoms with Gasteiger partial charge >= 0.3 is 11.9 Å². The molecule has 1 N–H and O–H groups in total. The van der Waals surface area contributed by atoms with Crippen LogP contribution in [0.5, 0.6) is 0 Å². The van der Waals surface area contributed by atoms with Crippen LogP contribution in [-0.2, 0) is 24.3 Å². The monoisotopic (exact) mass is 267 g/mol. The molecule has 0 rings (SSSR count). The van der Waals surface area contributed by atoms with Gasteiger partial charge in [-0.05, 0) is 13.8 Å². The van der Waals surface area contributed by atoms with E-state index in [0.717, 1.165) is 14.2 Å². The fourth-order valence-electron chi connectivity index (χ4n) is 1.19. The van der Waals surface area contributed by atoms with Crippen LogP contribution in [-0.4, -0.2) is 56.2 Å². The number of carboxylic acid groups (broad SMARTS) is 1. The minimum atomic E-state index is -3.82. The number of hydrogen-bond acceptors (Lipinski definition) is 5. The van der Waals surface area contributed by atoms with Crippen molar-refractivity contribution in [1.82, 2.24) is 4.31 Å². The molecule has 0 radical (unpaired) electrons. The highest BCUT2D eigenvalue weighted by atomic mass is 32.2. The minimum Gasteiger partial charge on any atom is -0.480 e. The molecule has 0 aromatic rings. The van der Waals surface area contributed by atoms with Crippen molar-refractivity contribution >= 4 is 22.0 Å². The van der Waals surface area contributed by atoms with E-state index in [1.54, 1.807) is 0 Å². The molecule has 0 bridgehead atoms. The minimum absolute atomic E-state index is 0.504. The summed E-state index contributed by atoms with van der Waals surface area (Å²) < 4.78 is 28.7. The maximum absolute atomic E-state index is 11.8. The van der Waals surface area contributed by atoms with Crippen molar-refractivity contribution in [3.8, 4) is 0 Å². The van der Waals surface area contributed by atoms with Crippen LogP contribution in [0.2, 0.25) is 0 Å². The number of carboxylic acids is 1. The van der Waals surface area contributed by atoms with Gasteiger partial charge in [0.15, 0.2) is 0 Å². The van der Waals surface area contributed by atoms with Gasteiger partial charge in [-0.25, -0.2) is 8.42 Å². The molecule has 0 saturated carbocycles. The Bertz CT molecular complexity index is 400. The molecular formula is C9H17NO6S. The van der Waals surface area contributed by atoms with Gasteiger partial charge < -0.3 is 9.84 Å². The van der Waals surface area contributed by atoms with Crippen LogP contribution in [0.3, 0.4) is 0 Å².